The molecule has 0 aliphatic rings. The highest BCUT2D eigenvalue weighted by molar-refractivity contribution is 6.01. The first-order valence-electron chi connectivity index (χ1n) is 11.1. The second kappa shape index (κ2) is 10.8. The average molecular weight is 444 g/mol. The smallest absolute Gasteiger partial charge is 0.262 e. The molecule has 34 heavy (non-hydrogen) atoms. The van der Waals surface area contributed by atoms with E-state index in [-0.39, 0.29) is 11.6 Å². The third kappa shape index (κ3) is 5.40. The lowest BCUT2D eigenvalue weighted by molar-refractivity contribution is -0.117. The minimum Gasteiger partial charge on any atom is -0.345 e. The zero-order valence-electron chi connectivity index (χ0n) is 18.9. The predicted octanol–water partition coefficient (Wildman–Crippen LogP) is 6.94. The van der Waals surface area contributed by atoms with Gasteiger partial charge in [-0.1, -0.05) is 78.9 Å². The fourth-order valence-corrected chi connectivity index (χ4v) is 3.74. The SMILES string of the molecule is CC(NC(=O)/C(C#N)=C\c1ccc(N(c2ccccc2)c2ccccc2)cc1)c1ccccc1. The third-order valence-corrected chi connectivity index (χ3v) is 5.50. The number of hydrogen-bond donors (Lipinski definition) is 1. The Morgan fingerprint density at radius 1 is 0.765 bits per heavy atom. The summed E-state index contributed by atoms with van der Waals surface area (Å²) in [5.74, 6) is -0.391. The van der Waals surface area contributed by atoms with E-state index in [1.165, 1.54) is 0 Å². The summed E-state index contributed by atoms with van der Waals surface area (Å²) >= 11 is 0. The maximum atomic E-state index is 12.7. The topological polar surface area (TPSA) is 56.1 Å². The van der Waals surface area contributed by atoms with E-state index in [4.69, 9.17) is 0 Å². The van der Waals surface area contributed by atoms with Gasteiger partial charge in [0.15, 0.2) is 0 Å². The van der Waals surface area contributed by atoms with Gasteiger partial charge in [-0.3, -0.25) is 4.79 Å². The van der Waals surface area contributed by atoms with Crippen LogP contribution in [0.3, 0.4) is 0 Å². The Morgan fingerprint density at radius 3 is 1.74 bits per heavy atom. The van der Waals surface area contributed by atoms with Crippen molar-refractivity contribution >= 4 is 29.0 Å². The molecule has 0 aliphatic heterocycles. The van der Waals surface area contributed by atoms with Crippen LogP contribution in [0.5, 0.6) is 0 Å². The van der Waals surface area contributed by atoms with Crippen LogP contribution >= 0.6 is 0 Å². The zero-order valence-corrected chi connectivity index (χ0v) is 18.9. The maximum absolute atomic E-state index is 12.7. The first kappa shape index (κ1) is 22.6. The molecule has 0 spiro atoms. The molecule has 0 fully saturated rings. The summed E-state index contributed by atoms with van der Waals surface area (Å²) in [7, 11) is 0. The van der Waals surface area contributed by atoms with Crippen molar-refractivity contribution in [2.24, 2.45) is 0 Å². The number of carbonyl (C=O) groups excluding carboxylic acids is 1. The van der Waals surface area contributed by atoms with E-state index in [2.05, 4.69) is 34.5 Å². The van der Waals surface area contributed by atoms with Crippen LogP contribution in [-0.2, 0) is 4.79 Å². The molecule has 0 aliphatic carbocycles. The van der Waals surface area contributed by atoms with Gasteiger partial charge in [0.2, 0.25) is 0 Å². The van der Waals surface area contributed by atoms with Gasteiger partial charge in [0.25, 0.3) is 5.91 Å². The van der Waals surface area contributed by atoms with Crippen LogP contribution in [0, 0.1) is 11.3 Å². The van der Waals surface area contributed by atoms with Gasteiger partial charge in [0.1, 0.15) is 11.6 Å². The number of anilines is 3. The molecule has 0 aromatic heterocycles. The lowest BCUT2D eigenvalue weighted by atomic mass is 10.1. The summed E-state index contributed by atoms with van der Waals surface area (Å²) in [6, 6.07) is 39.6. The van der Waals surface area contributed by atoms with E-state index >= 15 is 0 Å². The van der Waals surface area contributed by atoms with Crippen molar-refractivity contribution in [2.75, 3.05) is 4.90 Å². The van der Waals surface area contributed by atoms with Crippen molar-refractivity contribution in [3.8, 4) is 6.07 Å². The van der Waals surface area contributed by atoms with Crippen LogP contribution in [0.25, 0.3) is 6.08 Å². The summed E-state index contributed by atoms with van der Waals surface area (Å²) < 4.78 is 0. The number of carbonyl (C=O) groups is 1. The molecule has 1 N–H and O–H groups in total. The van der Waals surface area contributed by atoms with Gasteiger partial charge in [-0.15, -0.1) is 0 Å². The highest BCUT2D eigenvalue weighted by atomic mass is 16.1. The van der Waals surface area contributed by atoms with Crippen LogP contribution in [0.2, 0.25) is 0 Å². The minimum atomic E-state index is -0.391. The number of nitrogens with one attached hydrogen (secondary N) is 1. The highest BCUT2D eigenvalue weighted by Gasteiger charge is 2.15. The van der Waals surface area contributed by atoms with E-state index in [9.17, 15) is 10.1 Å². The highest BCUT2D eigenvalue weighted by Crippen LogP contribution is 2.34. The largest absolute Gasteiger partial charge is 0.345 e. The van der Waals surface area contributed by atoms with Gasteiger partial charge in [0.05, 0.1) is 6.04 Å². The summed E-state index contributed by atoms with van der Waals surface area (Å²) in [5, 5.41) is 12.5. The standard InChI is InChI=1S/C30H25N3O/c1-23(25-11-5-2-6-12-25)32-30(34)26(22-31)21-24-17-19-29(20-18-24)33(27-13-7-3-8-14-27)28-15-9-4-10-16-28/h2-21,23H,1H3,(H,32,34)/b26-21-. The fourth-order valence-electron chi connectivity index (χ4n) is 3.74. The molecule has 1 unspecified atom stereocenters. The van der Waals surface area contributed by atoms with Crippen LogP contribution in [0.4, 0.5) is 17.1 Å². The van der Waals surface area contributed by atoms with Crippen LogP contribution in [0.15, 0.2) is 121 Å². The number of nitrogens with zero attached hydrogens (tertiary/aromatic N) is 2. The molecule has 166 valence electrons. The number of hydrogen-bond acceptors (Lipinski definition) is 3. The number of para-hydroxylation sites is 2. The van der Waals surface area contributed by atoms with Gasteiger partial charge in [0, 0.05) is 17.1 Å². The maximum Gasteiger partial charge on any atom is 0.262 e. The molecule has 4 nitrogen and oxygen atoms in total. The van der Waals surface area contributed by atoms with Gasteiger partial charge >= 0.3 is 0 Å². The van der Waals surface area contributed by atoms with Gasteiger partial charge in [-0.25, -0.2) is 0 Å². The average Bonchev–Trinajstić information content (AvgIpc) is 2.90. The van der Waals surface area contributed by atoms with E-state index in [0.717, 1.165) is 28.2 Å². The molecule has 4 heteroatoms. The summed E-state index contributed by atoms with van der Waals surface area (Å²) in [6.45, 7) is 1.90. The number of rotatable bonds is 7. The van der Waals surface area contributed by atoms with Crippen LogP contribution < -0.4 is 10.2 Å². The van der Waals surface area contributed by atoms with Crippen molar-refractivity contribution in [3.05, 3.63) is 132 Å². The summed E-state index contributed by atoms with van der Waals surface area (Å²) in [4.78, 5) is 14.9. The molecular weight excluding hydrogens is 418 g/mol. The van der Waals surface area contributed by atoms with Crippen molar-refractivity contribution in [3.63, 3.8) is 0 Å². The van der Waals surface area contributed by atoms with Gasteiger partial charge in [-0.05, 0) is 60.5 Å². The molecule has 1 atom stereocenters. The normalized spacial score (nSPS) is 11.8. The lowest BCUT2D eigenvalue weighted by Gasteiger charge is -2.25. The Labute approximate surface area is 200 Å². The molecule has 0 radical (unpaired) electrons. The Morgan fingerprint density at radius 2 is 1.24 bits per heavy atom. The molecule has 4 aromatic rings. The molecule has 0 saturated heterocycles. The zero-order chi connectivity index (χ0) is 23.8. The van der Waals surface area contributed by atoms with Crippen molar-refractivity contribution < 1.29 is 4.79 Å². The molecule has 0 bridgehead atoms. The Bertz CT molecular complexity index is 1250. The van der Waals surface area contributed by atoms with Crippen molar-refractivity contribution in [1.82, 2.24) is 5.32 Å². The molecule has 4 rings (SSSR count). The van der Waals surface area contributed by atoms with Gasteiger partial charge in [-0.2, -0.15) is 5.26 Å². The van der Waals surface area contributed by atoms with E-state index < -0.39 is 5.91 Å². The van der Waals surface area contributed by atoms with E-state index in [1.807, 2.05) is 104 Å². The summed E-state index contributed by atoms with van der Waals surface area (Å²) in [6.07, 6.45) is 1.62. The van der Waals surface area contributed by atoms with E-state index in [0.29, 0.717) is 0 Å². The van der Waals surface area contributed by atoms with E-state index in [1.54, 1.807) is 6.08 Å². The third-order valence-electron chi connectivity index (χ3n) is 5.50. The Balaban J connectivity index is 1.57. The Kier molecular flexibility index (Phi) is 7.17. The molecule has 4 aromatic carbocycles. The monoisotopic (exact) mass is 443 g/mol. The predicted molar refractivity (Wildman–Crippen MR) is 138 cm³/mol. The molecule has 1 amide bonds. The first-order chi connectivity index (χ1) is 16.7. The molecule has 0 heterocycles. The quantitative estimate of drug-likeness (QED) is 0.249. The number of amides is 1. The second-order valence-corrected chi connectivity index (χ2v) is 7.87. The second-order valence-electron chi connectivity index (χ2n) is 7.87. The van der Waals surface area contributed by atoms with Crippen LogP contribution in [0.1, 0.15) is 24.1 Å². The first-order valence-corrected chi connectivity index (χ1v) is 11.1. The Hall–Kier alpha value is -4.62. The van der Waals surface area contributed by atoms with Gasteiger partial charge < -0.3 is 10.2 Å². The molecule has 0 saturated carbocycles. The summed E-state index contributed by atoms with van der Waals surface area (Å²) in [5.41, 5.74) is 4.91. The number of nitriles is 1. The number of benzene rings is 4. The molecular formula is C30H25N3O. The lowest BCUT2D eigenvalue weighted by Crippen LogP contribution is -2.27. The fraction of sp³-hybridized carbons (Fsp3) is 0.0667. The minimum absolute atomic E-state index is 0.0681. The van der Waals surface area contributed by atoms with Crippen molar-refractivity contribution in [1.29, 1.82) is 5.26 Å². The van der Waals surface area contributed by atoms with Crippen molar-refractivity contribution in [2.45, 2.75) is 13.0 Å². The van der Waals surface area contributed by atoms with Crippen LogP contribution in [-0.4, -0.2) is 5.91 Å².